The van der Waals surface area contributed by atoms with Gasteiger partial charge in [-0.3, -0.25) is 4.79 Å². The van der Waals surface area contributed by atoms with Gasteiger partial charge in [0.25, 0.3) is 5.91 Å². The molecule has 1 aromatic carbocycles. The lowest BCUT2D eigenvalue weighted by Crippen LogP contribution is -2.37. The van der Waals surface area contributed by atoms with Crippen molar-refractivity contribution in [3.63, 3.8) is 0 Å². The number of halogens is 2. The van der Waals surface area contributed by atoms with Crippen LogP contribution in [0.5, 0.6) is 0 Å². The first-order valence-corrected chi connectivity index (χ1v) is 10.9. The van der Waals surface area contributed by atoms with Crippen molar-refractivity contribution in [2.45, 2.75) is 25.8 Å². The molecule has 0 N–H and O–H groups in total. The van der Waals surface area contributed by atoms with Crippen LogP contribution in [0.1, 0.15) is 24.8 Å². The molecule has 0 radical (unpaired) electrons. The fourth-order valence-corrected chi connectivity index (χ4v) is 5.40. The second kappa shape index (κ2) is 7.42. The Morgan fingerprint density at radius 1 is 1.18 bits per heavy atom. The summed E-state index contributed by atoms with van der Waals surface area (Å²) >= 11 is 6.04. The summed E-state index contributed by atoms with van der Waals surface area (Å²) in [5, 5.41) is 5.58. The van der Waals surface area contributed by atoms with Crippen molar-refractivity contribution in [3.8, 4) is 0 Å². The molecule has 2 heterocycles. The number of fused-ring (bicyclic) bond motifs is 1. The third-order valence-electron chi connectivity index (χ3n) is 5.15. The summed E-state index contributed by atoms with van der Waals surface area (Å²) in [4.78, 5) is 12.9. The van der Waals surface area contributed by atoms with Crippen LogP contribution in [-0.4, -0.2) is 42.4 Å². The molecule has 1 atom stereocenters. The van der Waals surface area contributed by atoms with Crippen molar-refractivity contribution in [2.24, 2.45) is 11.0 Å². The first kappa shape index (κ1) is 19.3. The number of rotatable bonds is 4. The molecule has 4 rings (SSSR count). The molecular formula is C19H19ClFN3O3S. The minimum Gasteiger partial charge on any atom is -0.272 e. The van der Waals surface area contributed by atoms with Gasteiger partial charge < -0.3 is 0 Å². The standard InChI is InChI=1S/C19H19ClFN3O3S/c20-16-5-4-6-17(21)15(16)12-24-19(25)14-11-13(7-8-18(14)22-24)28(26,27)23-9-2-1-3-10-23/h4-8,11,14H,1-3,9-10,12H2/t14-/m1/s1. The molecule has 6 nitrogen and oxygen atoms in total. The van der Waals surface area contributed by atoms with Gasteiger partial charge in [0.2, 0.25) is 10.0 Å². The second-order valence-electron chi connectivity index (χ2n) is 6.97. The lowest BCUT2D eigenvalue weighted by atomic mass is 9.99. The number of amides is 1. The van der Waals surface area contributed by atoms with E-state index in [2.05, 4.69) is 5.10 Å². The fourth-order valence-electron chi connectivity index (χ4n) is 3.59. The molecule has 0 unspecified atom stereocenters. The minimum absolute atomic E-state index is 0.109. The number of sulfonamides is 1. The van der Waals surface area contributed by atoms with Crippen molar-refractivity contribution in [3.05, 3.63) is 57.7 Å². The second-order valence-corrected chi connectivity index (χ2v) is 9.31. The number of hydrogen-bond acceptors (Lipinski definition) is 4. The molecule has 9 heteroatoms. The Hall–Kier alpha value is -2.03. The van der Waals surface area contributed by atoms with Crippen LogP contribution in [0, 0.1) is 11.7 Å². The van der Waals surface area contributed by atoms with Gasteiger partial charge in [-0.2, -0.15) is 9.41 Å². The zero-order valence-corrected chi connectivity index (χ0v) is 16.6. The predicted molar refractivity (Wildman–Crippen MR) is 104 cm³/mol. The summed E-state index contributed by atoms with van der Waals surface area (Å²) in [6.45, 7) is 0.871. The van der Waals surface area contributed by atoms with Gasteiger partial charge in [0, 0.05) is 23.7 Å². The topological polar surface area (TPSA) is 70.0 Å². The highest BCUT2D eigenvalue weighted by molar-refractivity contribution is 7.93. The van der Waals surface area contributed by atoms with E-state index in [1.54, 1.807) is 12.1 Å². The number of benzene rings is 1. The van der Waals surface area contributed by atoms with E-state index in [9.17, 15) is 17.6 Å². The molecule has 1 aliphatic carbocycles. The summed E-state index contributed by atoms with van der Waals surface area (Å²) in [6, 6.07) is 4.30. The summed E-state index contributed by atoms with van der Waals surface area (Å²) in [5.41, 5.74) is 0.615. The van der Waals surface area contributed by atoms with Crippen LogP contribution in [0.2, 0.25) is 5.02 Å². The van der Waals surface area contributed by atoms with Crippen LogP contribution in [0.25, 0.3) is 0 Å². The van der Waals surface area contributed by atoms with Gasteiger partial charge in [-0.15, -0.1) is 0 Å². The third-order valence-corrected chi connectivity index (χ3v) is 7.41. The van der Waals surface area contributed by atoms with Crippen LogP contribution in [-0.2, 0) is 21.4 Å². The van der Waals surface area contributed by atoms with Gasteiger partial charge in [-0.05, 0) is 43.2 Å². The van der Waals surface area contributed by atoms with Gasteiger partial charge in [-0.1, -0.05) is 24.1 Å². The molecule has 0 aromatic heterocycles. The maximum absolute atomic E-state index is 14.0. The minimum atomic E-state index is -3.64. The van der Waals surface area contributed by atoms with E-state index < -0.39 is 27.7 Å². The smallest absolute Gasteiger partial charge is 0.256 e. The Balaban J connectivity index is 1.57. The predicted octanol–water partition coefficient (Wildman–Crippen LogP) is 3.06. The lowest BCUT2D eigenvalue weighted by molar-refractivity contribution is -0.131. The first-order chi connectivity index (χ1) is 13.4. The molecule has 3 aliphatic rings. The quantitative estimate of drug-likeness (QED) is 0.747. The highest BCUT2D eigenvalue weighted by atomic mass is 35.5. The summed E-state index contributed by atoms with van der Waals surface area (Å²) in [7, 11) is -3.64. The molecule has 1 saturated heterocycles. The largest absolute Gasteiger partial charge is 0.272 e. The van der Waals surface area contributed by atoms with Crippen LogP contribution < -0.4 is 0 Å². The third kappa shape index (κ3) is 3.40. The zero-order chi connectivity index (χ0) is 19.9. The summed E-state index contributed by atoms with van der Waals surface area (Å²) in [5.74, 6) is -1.70. The molecular weight excluding hydrogens is 405 g/mol. The molecule has 1 fully saturated rings. The summed E-state index contributed by atoms with van der Waals surface area (Å²) in [6.07, 6.45) is 7.15. The molecule has 2 aliphatic heterocycles. The number of carbonyl (C=O) groups is 1. The Kier molecular flexibility index (Phi) is 5.11. The SMILES string of the molecule is O=C1[C@@H]2C=C(S(=O)(=O)N3CCCCC3)C=CC2=NN1Cc1c(F)cccc1Cl. The molecule has 148 valence electrons. The van der Waals surface area contributed by atoms with E-state index in [0.717, 1.165) is 24.3 Å². The number of allylic oxidation sites excluding steroid dienone is 2. The summed E-state index contributed by atoms with van der Waals surface area (Å²) < 4.78 is 41.3. The van der Waals surface area contributed by atoms with Gasteiger partial charge in [0.05, 0.1) is 17.2 Å². The van der Waals surface area contributed by atoms with Crippen molar-refractivity contribution in [2.75, 3.05) is 13.1 Å². The normalized spacial score (nSPS) is 22.9. The Morgan fingerprint density at radius 2 is 1.93 bits per heavy atom. The maximum atomic E-state index is 14.0. The van der Waals surface area contributed by atoms with Crippen LogP contribution >= 0.6 is 11.6 Å². The highest BCUT2D eigenvalue weighted by Crippen LogP contribution is 2.30. The van der Waals surface area contributed by atoms with Crippen molar-refractivity contribution >= 4 is 33.2 Å². The van der Waals surface area contributed by atoms with E-state index in [4.69, 9.17) is 11.6 Å². The van der Waals surface area contributed by atoms with E-state index >= 15 is 0 Å². The van der Waals surface area contributed by atoms with E-state index in [0.29, 0.717) is 18.8 Å². The Labute approximate surface area is 168 Å². The van der Waals surface area contributed by atoms with Crippen LogP contribution in [0.4, 0.5) is 4.39 Å². The fraction of sp³-hybridized carbons (Fsp3) is 0.368. The van der Waals surface area contributed by atoms with Gasteiger partial charge >= 0.3 is 0 Å². The molecule has 1 aromatic rings. The monoisotopic (exact) mass is 423 g/mol. The number of carbonyl (C=O) groups excluding carboxylic acids is 1. The van der Waals surface area contributed by atoms with Crippen molar-refractivity contribution in [1.29, 1.82) is 0 Å². The van der Waals surface area contributed by atoms with Gasteiger partial charge in [0.15, 0.2) is 0 Å². The zero-order valence-electron chi connectivity index (χ0n) is 15.0. The van der Waals surface area contributed by atoms with E-state index in [1.165, 1.54) is 28.6 Å². The van der Waals surface area contributed by atoms with E-state index in [1.807, 2.05) is 0 Å². The number of hydrogen-bond donors (Lipinski definition) is 0. The van der Waals surface area contributed by atoms with Crippen LogP contribution in [0.15, 0.2) is 46.4 Å². The molecule has 0 saturated carbocycles. The first-order valence-electron chi connectivity index (χ1n) is 9.11. The average Bonchev–Trinajstić information content (AvgIpc) is 3.00. The number of hydrazone groups is 1. The van der Waals surface area contributed by atoms with Crippen molar-refractivity contribution in [1.82, 2.24) is 9.31 Å². The van der Waals surface area contributed by atoms with Crippen molar-refractivity contribution < 1.29 is 17.6 Å². The molecule has 0 bridgehead atoms. The van der Waals surface area contributed by atoms with Gasteiger partial charge in [-0.25, -0.2) is 17.8 Å². The number of nitrogens with zero attached hydrogens (tertiary/aromatic N) is 3. The average molecular weight is 424 g/mol. The number of piperidine rings is 1. The molecule has 28 heavy (non-hydrogen) atoms. The van der Waals surface area contributed by atoms with Gasteiger partial charge in [0.1, 0.15) is 11.7 Å². The highest BCUT2D eigenvalue weighted by Gasteiger charge is 2.38. The molecule has 0 spiro atoms. The Morgan fingerprint density at radius 3 is 2.64 bits per heavy atom. The maximum Gasteiger partial charge on any atom is 0.256 e. The van der Waals surface area contributed by atoms with Crippen LogP contribution in [0.3, 0.4) is 0 Å². The molecule has 1 amide bonds. The lowest BCUT2D eigenvalue weighted by Gasteiger charge is -2.27. The Bertz CT molecular complexity index is 993. The van der Waals surface area contributed by atoms with E-state index in [-0.39, 0.29) is 22.0 Å².